The summed E-state index contributed by atoms with van der Waals surface area (Å²) in [6, 6.07) is 8.39. The third-order valence-corrected chi connectivity index (χ3v) is 7.38. The van der Waals surface area contributed by atoms with Gasteiger partial charge in [0.15, 0.2) is 0 Å². The van der Waals surface area contributed by atoms with Gasteiger partial charge in [-0.3, -0.25) is 4.79 Å². The topological polar surface area (TPSA) is 29.1 Å². The van der Waals surface area contributed by atoms with Crippen LogP contribution in [-0.2, 0) is 4.79 Å². The SMILES string of the molecule is C[C@H](NC(=O)/C(=C/c1cccs1)c1cccs1)[C@@H]1C[C@H]2CC[C@H]1C2. The summed E-state index contributed by atoms with van der Waals surface area (Å²) < 4.78 is 0. The van der Waals surface area contributed by atoms with Crippen molar-refractivity contribution in [3.05, 3.63) is 44.8 Å². The largest absolute Gasteiger partial charge is 0.349 e. The monoisotopic (exact) mass is 357 g/mol. The number of nitrogens with one attached hydrogen (secondary N) is 1. The molecule has 0 aromatic carbocycles. The Hall–Kier alpha value is -1.39. The Bertz CT molecular complexity index is 717. The summed E-state index contributed by atoms with van der Waals surface area (Å²) in [5.74, 6) is 2.48. The Morgan fingerprint density at radius 1 is 1.21 bits per heavy atom. The number of carbonyl (C=O) groups is 1. The lowest BCUT2D eigenvalue weighted by atomic mass is 9.84. The maximum atomic E-state index is 13.0. The number of rotatable bonds is 5. The Kier molecular flexibility index (Phi) is 4.59. The predicted molar refractivity (Wildman–Crippen MR) is 103 cm³/mol. The Balaban J connectivity index is 1.51. The molecule has 0 aliphatic heterocycles. The molecule has 126 valence electrons. The lowest BCUT2D eigenvalue weighted by Gasteiger charge is -2.28. The average molecular weight is 358 g/mol. The molecule has 2 aromatic heterocycles. The smallest absolute Gasteiger partial charge is 0.252 e. The van der Waals surface area contributed by atoms with Crippen molar-refractivity contribution in [2.24, 2.45) is 17.8 Å². The fourth-order valence-electron chi connectivity index (χ4n) is 4.49. The number of fused-ring (bicyclic) bond motifs is 2. The van der Waals surface area contributed by atoms with Crippen molar-refractivity contribution in [3.8, 4) is 0 Å². The second-order valence-corrected chi connectivity index (χ2v) is 9.08. The minimum absolute atomic E-state index is 0.0705. The van der Waals surface area contributed by atoms with E-state index in [4.69, 9.17) is 0 Å². The second kappa shape index (κ2) is 6.85. The first-order chi connectivity index (χ1) is 11.7. The molecule has 2 aliphatic rings. The van der Waals surface area contributed by atoms with Gasteiger partial charge >= 0.3 is 0 Å². The first-order valence-electron chi connectivity index (χ1n) is 8.80. The summed E-state index contributed by atoms with van der Waals surface area (Å²) in [6.07, 6.45) is 7.47. The van der Waals surface area contributed by atoms with Gasteiger partial charge in [-0.25, -0.2) is 0 Å². The first-order valence-corrected chi connectivity index (χ1v) is 10.6. The van der Waals surface area contributed by atoms with Gasteiger partial charge in [-0.1, -0.05) is 18.6 Å². The number of thiophene rings is 2. The molecule has 4 heteroatoms. The van der Waals surface area contributed by atoms with Crippen LogP contribution in [0.3, 0.4) is 0 Å². The van der Waals surface area contributed by atoms with Crippen molar-refractivity contribution in [2.75, 3.05) is 0 Å². The van der Waals surface area contributed by atoms with Gasteiger partial charge in [-0.15, -0.1) is 22.7 Å². The molecular weight excluding hydrogens is 334 g/mol. The zero-order valence-electron chi connectivity index (χ0n) is 13.9. The number of hydrogen-bond acceptors (Lipinski definition) is 3. The van der Waals surface area contributed by atoms with Gasteiger partial charge in [0.2, 0.25) is 0 Å². The standard InChI is InChI=1S/C20H23NOS2/c1-13(17-11-14-6-7-15(17)10-14)21-20(22)18(19-5-3-9-24-19)12-16-4-2-8-23-16/h2-5,8-9,12-15,17H,6-7,10-11H2,1H3,(H,21,22)/b18-12+/t13-,14-,15-,17-/m0/s1. The summed E-state index contributed by atoms with van der Waals surface area (Å²) >= 11 is 3.30. The molecule has 2 aromatic rings. The van der Waals surface area contributed by atoms with Crippen LogP contribution in [0.4, 0.5) is 0 Å². The summed E-state index contributed by atoms with van der Waals surface area (Å²) in [6.45, 7) is 2.19. The van der Waals surface area contributed by atoms with Crippen LogP contribution in [0.1, 0.15) is 42.4 Å². The van der Waals surface area contributed by atoms with E-state index < -0.39 is 0 Å². The first kappa shape index (κ1) is 16.1. The van der Waals surface area contributed by atoms with Crippen molar-refractivity contribution in [3.63, 3.8) is 0 Å². The molecule has 4 rings (SSSR count). The van der Waals surface area contributed by atoms with Crippen LogP contribution in [-0.4, -0.2) is 11.9 Å². The summed E-state index contributed by atoms with van der Waals surface area (Å²) in [5.41, 5.74) is 0.794. The fraction of sp³-hybridized carbons (Fsp3) is 0.450. The highest BCUT2D eigenvalue weighted by atomic mass is 32.1. The normalized spacial score (nSPS) is 27.4. The third kappa shape index (κ3) is 3.22. The molecule has 2 bridgehead atoms. The highest BCUT2D eigenvalue weighted by Gasteiger charge is 2.42. The van der Waals surface area contributed by atoms with Crippen molar-refractivity contribution >= 4 is 40.2 Å². The molecule has 0 unspecified atom stereocenters. The summed E-state index contributed by atoms with van der Waals surface area (Å²) in [7, 11) is 0. The van der Waals surface area contributed by atoms with E-state index in [0.29, 0.717) is 5.92 Å². The van der Waals surface area contributed by atoms with Gasteiger partial charge in [-0.05, 0) is 72.9 Å². The van der Waals surface area contributed by atoms with E-state index in [2.05, 4.69) is 18.3 Å². The van der Waals surface area contributed by atoms with Crippen molar-refractivity contribution in [2.45, 2.75) is 38.6 Å². The molecule has 2 heterocycles. The van der Waals surface area contributed by atoms with Gasteiger partial charge in [0.25, 0.3) is 5.91 Å². The van der Waals surface area contributed by atoms with Gasteiger partial charge in [0.05, 0.1) is 5.57 Å². The van der Waals surface area contributed by atoms with Crippen molar-refractivity contribution < 1.29 is 4.79 Å². The molecule has 4 atom stereocenters. The van der Waals surface area contributed by atoms with Crippen LogP contribution in [0.5, 0.6) is 0 Å². The zero-order chi connectivity index (χ0) is 16.5. The highest BCUT2D eigenvalue weighted by molar-refractivity contribution is 7.12. The molecule has 1 amide bonds. The molecule has 1 N–H and O–H groups in total. The fourth-order valence-corrected chi connectivity index (χ4v) is 5.89. The van der Waals surface area contributed by atoms with E-state index in [9.17, 15) is 4.79 Å². The minimum atomic E-state index is 0.0705. The van der Waals surface area contributed by atoms with E-state index >= 15 is 0 Å². The van der Waals surface area contributed by atoms with Gasteiger partial charge in [-0.2, -0.15) is 0 Å². The predicted octanol–water partition coefficient (Wildman–Crippen LogP) is 5.29. The van der Waals surface area contributed by atoms with E-state index in [1.54, 1.807) is 22.7 Å². The molecule has 2 saturated carbocycles. The Morgan fingerprint density at radius 2 is 2.04 bits per heavy atom. The molecule has 2 nitrogen and oxygen atoms in total. The Labute approximate surface area is 151 Å². The summed E-state index contributed by atoms with van der Waals surface area (Å²) in [4.78, 5) is 15.1. The maximum Gasteiger partial charge on any atom is 0.252 e. The zero-order valence-corrected chi connectivity index (χ0v) is 15.5. The van der Waals surface area contributed by atoms with E-state index in [1.807, 2.05) is 35.0 Å². The molecule has 0 saturated heterocycles. The molecule has 0 spiro atoms. The highest BCUT2D eigenvalue weighted by Crippen LogP contribution is 2.49. The van der Waals surface area contributed by atoms with Gasteiger partial charge < -0.3 is 5.32 Å². The molecule has 2 fully saturated rings. The van der Waals surface area contributed by atoms with E-state index in [0.717, 1.165) is 27.2 Å². The third-order valence-electron chi connectivity index (χ3n) is 5.65. The van der Waals surface area contributed by atoms with Crippen LogP contribution in [0, 0.1) is 17.8 Å². The van der Waals surface area contributed by atoms with Crippen LogP contribution >= 0.6 is 22.7 Å². The molecule has 2 aliphatic carbocycles. The molecule has 24 heavy (non-hydrogen) atoms. The van der Waals surface area contributed by atoms with Crippen LogP contribution < -0.4 is 5.32 Å². The van der Waals surface area contributed by atoms with Gasteiger partial charge in [0, 0.05) is 15.8 Å². The minimum Gasteiger partial charge on any atom is -0.349 e. The summed E-state index contributed by atoms with van der Waals surface area (Å²) in [5, 5.41) is 7.39. The maximum absolute atomic E-state index is 13.0. The van der Waals surface area contributed by atoms with Gasteiger partial charge in [0.1, 0.15) is 0 Å². The van der Waals surface area contributed by atoms with E-state index in [1.165, 1.54) is 25.7 Å². The quantitative estimate of drug-likeness (QED) is 0.724. The second-order valence-electron chi connectivity index (χ2n) is 7.15. The van der Waals surface area contributed by atoms with Crippen molar-refractivity contribution in [1.29, 1.82) is 0 Å². The van der Waals surface area contributed by atoms with Crippen molar-refractivity contribution in [1.82, 2.24) is 5.32 Å². The molecular formula is C20H23NOS2. The number of carbonyl (C=O) groups excluding carboxylic acids is 1. The average Bonchev–Trinajstić information content (AvgIpc) is 3.37. The van der Waals surface area contributed by atoms with E-state index in [-0.39, 0.29) is 11.9 Å². The van der Waals surface area contributed by atoms with Crippen LogP contribution in [0.2, 0.25) is 0 Å². The lowest BCUT2D eigenvalue weighted by molar-refractivity contribution is -0.116. The molecule has 0 radical (unpaired) electrons. The Morgan fingerprint density at radius 3 is 2.67 bits per heavy atom. The number of amides is 1. The van der Waals surface area contributed by atoms with Crippen LogP contribution in [0.25, 0.3) is 11.6 Å². The lowest BCUT2D eigenvalue weighted by Crippen LogP contribution is -2.40. The van der Waals surface area contributed by atoms with Crippen LogP contribution in [0.15, 0.2) is 35.0 Å². The number of hydrogen-bond donors (Lipinski definition) is 1.